The Labute approximate surface area is 202 Å². The summed E-state index contributed by atoms with van der Waals surface area (Å²) < 4.78 is 28.3. The van der Waals surface area contributed by atoms with E-state index in [1.807, 2.05) is 24.3 Å². The highest BCUT2D eigenvalue weighted by atomic mass is 32.2. The van der Waals surface area contributed by atoms with Gasteiger partial charge in [0.2, 0.25) is 21.8 Å². The van der Waals surface area contributed by atoms with E-state index in [1.54, 1.807) is 23.1 Å². The third kappa shape index (κ3) is 5.03. The average Bonchev–Trinajstić information content (AvgIpc) is 2.83. The summed E-state index contributed by atoms with van der Waals surface area (Å²) in [5.74, 6) is -0.185. The fraction of sp³-hybridized carbons (Fsp3) is 0.462. The van der Waals surface area contributed by atoms with Gasteiger partial charge in [0.15, 0.2) is 0 Å². The second-order valence-corrected chi connectivity index (χ2v) is 11.5. The van der Waals surface area contributed by atoms with Gasteiger partial charge in [-0.15, -0.1) is 0 Å². The number of carbonyl (C=O) groups is 2. The highest BCUT2D eigenvalue weighted by Crippen LogP contribution is 2.32. The average molecular weight is 484 g/mol. The van der Waals surface area contributed by atoms with Crippen molar-refractivity contribution >= 4 is 33.2 Å². The highest BCUT2D eigenvalue weighted by molar-refractivity contribution is 7.89. The maximum atomic E-state index is 13.4. The molecule has 1 saturated heterocycles. The molecule has 2 aliphatic rings. The van der Waals surface area contributed by atoms with E-state index in [1.165, 1.54) is 16.8 Å². The number of hydrogen-bond donors (Lipinski definition) is 1. The molecule has 2 aromatic carbocycles. The number of piperidine rings is 1. The van der Waals surface area contributed by atoms with E-state index in [4.69, 9.17) is 0 Å². The lowest BCUT2D eigenvalue weighted by atomic mass is 9.98. The van der Waals surface area contributed by atoms with Crippen LogP contribution >= 0.6 is 0 Å². The third-order valence-electron chi connectivity index (χ3n) is 6.79. The molecule has 1 unspecified atom stereocenters. The van der Waals surface area contributed by atoms with Crippen LogP contribution in [-0.4, -0.2) is 44.2 Å². The minimum atomic E-state index is -3.74. The lowest BCUT2D eigenvalue weighted by Crippen LogP contribution is -2.43. The van der Waals surface area contributed by atoms with Gasteiger partial charge in [-0.05, 0) is 73.1 Å². The molecule has 2 aromatic rings. The molecule has 1 atom stereocenters. The van der Waals surface area contributed by atoms with Gasteiger partial charge in [-0.25, -0.2) is 8.42 Å². The number of nitrogens with zero attached hydrogens (tertiary/aromatic N) is 2. The Hall–Kier alpha value is -2.71. The zero-order valence-electron chi connectivity index (χ0n) is 20.1. The number of fused-ring (bicyclic) bond motifs is 1. The van der Waals surface area contributed by atoms with Crippen molar-refractivity contribution in [1.29, 1.82) is 0 Å². The van der Waals surface area contributed by atoms with Gasteiger partial charge in [0.05, 0.1) is 10.8 Å². The second-order valence-electron chi connectivity index (χ2n) is 9.53. The molecule has 0 radical (unpaired) electrons. The van der Waals surface area contributed by atoms with Crippen molar-refractivity contribution in [3.8, 4) is 0 Å². The molecule has 0 aromatic heterocycles. The maximum Gasteiger partial charge on any atom is 0.243 e. The van der Waals surface area contributed by atoms with Crippen LogP contribution in [0.4, 0.5) is 11.4 Å². The summed E-state index contributed by atoms with van der Waals surface area (Å²) >= 11 is 0. The molecule has 7 nitrogen and oxygen atoms in total. The number of anilines is 2. The Bertz CT molecular complexity index is 1180. The number of hydrogen-bond acceptors (Lipinski definition) is 4. The Morgan fingerprint density at radius 3 is 2.44 bits per heavy atom. The van der Waals surface area contributed by atoms with E-state index < -0.39 is 15.9 Å². The summed E-state index contributed by atoms with van der Waals surface area (Å²) in [7, 11) is -3.74. The summed E-state index contributed by atoms with van der Waals surface area (Å²) in [5.41, 5.74) is 3.58. The third-order valence-corrected chi connectivity index (χ3v) is 8.65. The number of nitrogens with one attached hydrogen (secondary N) is 1. The van der Waals surface area contributed by atoms with Crippen molar-refractivity contribution in [2.75, 3.05) is 29.9 Å². The van der Waals surface area contributed by atoms with Crippen LogP contribution in [0.25, 0.3) is 0 Å². The first-order valence-electron chi connectivity index (χ1n) is 12.0. The van der Waals surface area contributed by atoms with Crippen LogP contribution in [-0.2, 0) is 26.0 Å². The van der Waals surface area contributed by atoms with Crippen molar-refractivity contribution in [2.45, 2.75) is 57.3 Å². The van der Waals surface area contributed by atoms with Crippen LogP contribution in [0.5, 0.6) is 0 Å². The van der Waals surface area contributed by atoms with Crippen LogP contribution in [0, 0.1) is 5.92 Å². The Morgan fingerprint density at radius 1 is 1.03 bits per heavy atom. The molecule has 0 bridgehead atoms. The van der Waals surface area contributed by atoms with Gasteiger partial charge < -0.3 is 10.2 Å². The highest BCUT2D eigenvalue weighted by Gasteiger charge is 2.34. The molecular weight excluding hydrogens is 450 g/mol. The summed E-state index contributed by atoms with van der Waals surface area (Å²) in [5, 5.41) is 2.95. The van der Waals surface area contributed by atoms with Gasteiger partial charge >= 0.3 is 0 Å². The number of benzene rings is 2. The topological polar surface area (TPSA) is 86.8 Å². The van der Waals surface area contributed by atoms with E-state index in [0.29, 0.717) is 31.8 Å². The molecule has 4 rings (SSSR count). The van der Waals surface area contributed by atoms with Crippen molar-refractivity contribution in [1.82, 2.24) is 4.31 Å². The molecular formula is C26H33N3O4S. The lowest BCUT2D eigenvalue weighted by Gasteiger charge is -2.32. The Balaban J connectivity index is 1.48. The van der Waals surface area contributed by atoms with Gasteiger partial charge in [0, 0.05) is 37.9 Å². The Kier molecular flexibility index (Phi) is 7.09. The summed E-state index contributed by atoms with van der Waals surface area (Å²) in [6, 6.07) is 12.8. The number of aryl methyl sites for hydroxylation is 1. The summed E-state index contributed by atoms with van der Waals surface area (Å²) in [6.45, 7) is 6.97. The smallest absolute Gasteiger partial charge is 0.243 e. The molecule has 8 heteroatoms. The molecule has 2 amide bonds. The summed E-state index contributed by atoms with van der Waals surface area (Å²) in [6.07, 6.45) is 2.83. The number of carbonyl (C=O) groups excluding carboxylic acids is 2. The van der Waals surface area contributed by atoms with Crippen LogP contribution in [0.2, 0.25) is 0 Å². The van der Waals surface area contributed by atoms with Crippen molar-refractivity contribution in [3.63, 3.8) is 0 Å². The van der Waals surface area contributed by atoms with E-state index in [2.05, 4.69) is 19.2 Å². The first-order chi connectivity index (χ1) is 16.2. The molecule has 0 aliphatic carbocycles. The normalized spacial score (nSPS) is 19.1. The van der Waals surface area contributed by atoms with Crippen LogP contribution < -0.4 is 10.2 Å². The van der Waals surface area contributed by atoms with Crippen LogP contribution in [0.15, 0.2) is 47.4 Å². The van der Waals surface area contributed by atoms with Gasteiger partial charge in [-0.2, -0.15) is 4.31 Å². The number of rotatable bonds is 5. The minimum absolute atomic E-state index is 0.0414. The quantitative estimate of drug-likeness (QED) is 0.692. The fourth-order valence-electron chi connectivity index (χ4n) is 4.78. The van der Waals surface area contributed by atoms with Crippen molar-refractivity contribution in [2.24, 2.45) is 5.92 Å². The molecule has 1 fully saturated rings. The number of sulfonamides is 1. The fourth-order valence-corrected chi connectivity index (χ4v) is 6.36. The van der Waals surface area contributed by atoms with E-state index in [0.717, 1.165) is 29.8 Å². The van der Waals surface area contributed by atoms with Gasteiger partial charge in [0.1, 0.15) is 0 Å². The zero-order valence-corrected chi connectivity index (χ0v) is 20.9. The predicted molar refractivity (Wildman–Crippen MR) is 133 cm³/mol. The second kappa shape index (κ2) is 9.88. The molecule has 0 spiro atoms. The molecule has 182 valence electrons. The maximum absolute atomic E-state index is 13.4. The van der Waals surface area contributed by atoms with E-state index >= 15 is 0 Å². The minimum Gasteiger partial charge on any atom is -0.326 e. The molecule has 34 heavy (non-hydrogen) atoms. The Morgan fingerprint density at radius 2 is 1.76 bits per heavy atom. The van der Waals surface area contributed by atoms with Gasteiger partial charge in [0.25, 0.3) is 0 Å². The van der Waals surface area contributed by atoms with Crippen LogP contribution in [0.3, 0.4) is 0 Å². The molecule has 2 aliphatic heterocycles. The molecule has 2 heterocycles. The summed E-state index contributed by atoms with van der Waals surface area (Å²) in [4.78, 5) is 26.8. The first kappa shape index (κ1) is 24.4. The van der Waals surface area contributed by atoms with E-state index in [9.17, 15) is 18.0 Å². The van der Waals surface area contributed by atoms with Gasteiger partial charge in [-0.3, -0.25) is 9.59 Å². The number of amides is 2. The SMILES string of the molecule is CC(=O)N1CCCc2cc(S(=O)(=O)N3CCCC(C(=O)Nc4ccc(C(C)C)cc4)C3)ccc21. The van der Waals surface area contributed by atoms with E-state index in [-0.39, 0.29) is 23.3 Å². The monoisotopic (exact) mass is 483 g/mol. The lowest BCUT2D eigenvalue weighted by molar-refractivity contribution is -0.121. The van der Waals surface area contributed by atoms with Gasteiger partial charge in [-0.1, -0.05) is 26.0 Å². The van der Waals surface area contributed by atoms with Crippen LogP contribution in [0.1, 0.15) is 57.1 Å². The first-order valence-corrected chi connectivity index (χ1v) is 13.4. The van der Waals surface area contributed by atoms with Crippen molar-refractivity contribution < 1.29 is 18.0 Å². The predicted octanol–water partition coefficient (Wildman–Crippen LogP) is 4.15. The largest absolute Gasteiger partial charge is 0.326 e. The zero-order chi connectivity index (χ0) is 24.5. The van der Waals surface area contributed by atoms with Crippen molar-refractivity contribution in [3.05, 3.63) is 53.6 Å². The standard InChI is InChI=1S/C26H33N3O4S/c1-18(2)20-8-10-23(11-9-20)27-26(31)22-7-4-14-28(17-22)34(32,33)24-12-13-25-21(16-24)6-5-15-29(25)19(3)30/h8-13,16,18,22H,4-7,14-15,17H2,1-3H3,(H,27,31). The molecule has 1 N–H and O–H groups in total. The molecule has 0 saturated carbocycles.